The number of aromatic nitrogens is 2. The lowest BCUT2D eigenvalue weighted by Crippen LogP contribution is -2.24. The second kappa shape index (κ2) is 8.28. The van der Waals surface area contributed by atoms with Gasteiger partial charge in [0.05, 0.1) is 23.1 Å². The van der Waals surface area contributed by atoms with Gasteiger partial charge in [-0.05, 0) is 55.7 Å². The second-order valence-corrected chi connectivity index (χ2v) is 8.46. The van der Waals surface area contributed by atoms with E-state index in [0.29, 0.717) is 31.9 Å². The maximum absolute atomic E-state index is 13.1. The molecule has 2 aromatic carbocycles. The van der Waals surface area contributed by atoms with Gasteiger partial charge in [-0.3, -0.25) is 19.0 Å². The molecule has 0 aliphatic rings. The van der Waals surface area contributed by atoms with Crippen LogP contribution < -0.4 is 10.9 Å². The second-order valence-electron chi connectivity index (χ2n) is 7.46. The number of amides is 1. The zero-order valence-corrected chi connectivity index (χ0v) is 18.2. The quantitative estimate of drug-likeness (QED) is 0.471. The molecule has 0 aliphatic carbocycles. The van der Waals surface area contributed by atoms with Crippen LogP contribution in [0.2, 0.25) is 0 Å². The van der Waals surface area contributed by atoms with Gasteiger partial charge in [-0.2, -0.15) is 0 Å². The Morgan fingerprint density at radius 3 is 2.48 bits per heavy atom. The van der Waals surface area contributed by atoms with Gasteiger partial charge in [-0.1, -0.05) is 30.3 Å². The molecule has 2 aromatic heterocycles. The van der Waals surface area contributed by atoms with Crippen LogP contribution in [0.1, 0.15) is 36.7 Å². The van der Waals surface area contributed by atoms with Crippen molar-refractivity contribution in [3.63, 3.8) is 0 Å². The number of nitrogens with one attached hydrogen (secondary N) is 1. The third-order valence-corrected chi connectivity index (χ3v) is 6.50. The van der Waals surface area contributed by atoms with Crippen LogP contribution >= 0.6 is 11.3 Å². The number of para-hydroxylation sites is 1. The normalized spacial score (nSPS) is 10.9. The van der Waals surface area contributed by atoms with E-state index in [-0.39, 0.29) is 23.8 Å². The van der Waals surface area contributed by atoms with E-state index in [1.807, 2.05) is 44.2 Å². The average molecular weight is 432 g/mol. The molecule has 0 radical (unpaired) electrons. The number of benzene rings is 2. The number of carbonyl (C=O) groups excluding carboxylic acids is 2. The SMILES string of the molecule is Cc1ccc(C(=O)Cn2cnc3sc(C(=O)Nc4ccccc4)c(C)c3c2=O)cc1C. The van der Waals surface area contributed by atoms with Crippen LogP contribution in [0, 0.1) is 20.8 Å². The Kier molecular flexibility index (Phi) is 5.52. The molecule has 0 aliphatic heterocycles. The van der Waals surface area contributed by atoms with Gasteiger partial charge in [0, 0.05) is 11.3 Å². The molecular weight excluding hydrogens is 410 g/mol. The van der Waals surface area contributed by atoms with Crippen molar-refractivity contribution in [1.29, 1.82) is 0 Å². The first kappa shape index (κ1) is 20.7. The molecule has 31 heavy (non-hydrogen) atoms. The highest BCUT2D eigenvalue weighted by atomic mass is 32.1. The van der Waals surface area contributed by atoms with Crippen LogP contribution in [0.4, 0.5) is 5.69 Å². The smallest absolute Gasteiger partial charge is 0.266 e. The molecule has 4 aromatic rings. The van der Waals surface area contributed by atoms with Gasteiger partial charge in [0.25, 0.3) is 11.5 Å². The first-order chi connectivity index (χ1) is 14.8. The Morgan fingerprint density at radius 1 is 1.03 bits per heavy atom. The standard InChI is InChI=1S/C24H21N3O3S/c1-14-9-10-17(11-15(14)2)19(28)12-27-13-25-23-20(24(27)30)16(3)21(31-23)22(29)26-18-7-5-4-6-8-18/h4-11,13H,12H2,1-3H3,(H,26,29). The summed E-state index contributed by atoms with van der Waals surface area (Å²) in [5.74, 6) is -0.454. The molecule has 1 N–H and O–H groups in total. The van der Waals surface area contributed by atoms with Crippen molar-refractivity contribution in [3.05, 3.63) is 92.3 Å². The van der Waals surface area contributed by atoms with E-state index in [0.717, 1.165) is 11.1 Å². The van der Waals surface area contributed by atoms with E-state index in [2.05, 4.69) is 10.3 Å². The molecule has 0 atom stereocenters. The fourth-order valence-corrected chi connectivity index (χ4v) is 4.39. The molecular formula is C24H21N3O3S. The highest BCUT2D eigenvalue weighted by molar-refractivity contribution is 7.20. The molecule has 0 saturated heterocycles. The topological polar surface area (TPSA) is 81.1 Å². The van der Waals surface area contributed by atoms with Gasteiger partial charge in [0.2, 0.25) is 0 Å². The van der Waals surface area contributed by atoms with Crippen molar-refractivity contribution < 1.29 is 9.59 Å². The number of ketones is 1. The van der Waals surface area contributed by atoms with Crippen molar-refractivity contribution in [2.75, 3.05) is 5.32 Å². The number of anilines is 1. The monoisotopic (exact) mass is 431 g/mol. The Hall–Kier alpha value is -3.58. The molecule has 0 unspecified atom stereocenters. The van der Waals surface area contributed by atoms with Crippen LogP contribution in [-0.4, -0.2) is 21.2 Å². The summed E-state index contributed by atoms with van der Waals surface area (Å²) in [6.45, 7) is 5.56. The predicted molar refractivity (Wildman–Crippen MR) is 123 cm³/mol. The minimum Gasteiger partial charge on any atom is -0.321 e. The third-order valence-electron chi connectivity index (χ3n) is 5.30. The number of hydrogen-bond donors (Lipinski definition) is 1. The number of fused-ring (bicyclic) bond motifs is 1. The Balaban J connectivity index is 1.65. The van der Waals surface area contributed by atoms with Crippen molar-refractivity contribution in [3.8, 4) is 0 Å². The first-order valence-electron chi connectivity index (χ1n) is 9.80. The zero-order valence-electron chi connectivity index (χ0n) is 17.4. The largest absolute Gasteiger partial charge is 0.321 e. The molecule has 0 saturated carbocycles. The van der Waals surface area contributed by atoms with Crippen LogP contribution in [0.25, 0.3) is 10.2 Å². The minimum absolute atomic E-state index is 0.106. The molecule has 0 fully saturated rings. The Bertz CT molecular complexity index is 1370. The number of hydrogen-bond acceptors (Lipinski definition) is 5. The summed E-state index contributed by atoms with van der Waals surface area (Å²) in [7, 11) is 0. The minimum atomic E-state index is -0.324. The van der Waals surface area contributed by atoms with Crippen molar-refractivity contribution in [2.24, 2.45) is 0 Å². The molecule has 4 rings (SSSR count). The summed E-state index contributed by atoms with van der Waals surface area (Å²) >= 11 is 1.17. The summed E-state index contributed by atoms with van der Waals surface area (Å²) in [5, 5.41) is 3.21. The average Bonchev–Trinajstić information content (AvgIpc) is 3.10. The number of rotatable bonds is 5. The predicted octanol–water partition coefficient (Wildman–Crippen LogP) is 4.52. The van der Waals surface area contributed by atoms with E-state index >= 15 is 0 Å². The molecule has 1 amide bonds. The van der Waals surface area contributed by atoms with Crippen molar-refractivity contribution in [1.82, 2.24) is 9.55 Å². The number of carbonyl (C=O) groups is 2. The van der Waals surface area contributed by atoms with Crippen LogP contribution in [-0.2, 0) is 6.54 Å². The summed E-state index contributed by atoms with van der Waals surface area (Å²) in [6.07, 6.45) is 1.37. The molecule has 2 heterocycles. The molecule has 7 heteroatoms. The highest BCUT2D eigenvalue weighted by Crippen LogP contribution is 2.27. The molecule has 156 valence electrons. The number of nitrogens with zero attached hydrogens (tertiary/aromatic N) is 2. The summed E-state index contributed by atoms with van der Waals surface area (Å²) in [5.41, 5.74) is 3.60. The van der Waals surface area contributed by atoms with E-state index in [1.165, 1.54) is 22.2 Å². The highest BCUT2D eigenvalue weighted by Gasteiger charge is 2.20. The lowest BCUT2D eigenvalue weighted by atomic mass is 10.0. The van der Waals surface area contributed by atoms with E-state index < -0.39 is 0 Å². The van der Waals surface area contributed by atoms with Crippen LogP contribution in [0.3, 0.4) is 0 Å². The van der Waals surface area contributed by atoms with Gasteiger partial charge in [-0.15, -0.1) is 11.3 Å². The number of Topliss-reactive ketones (excluding diaryl/α,β-unsaturated/α-hetero) is 1. The fraction of sp³-hybridized carbons (Fsp3) is 0.167. The van der Waals surface area contributed by atoms with Crippen molar-refractivity contribution in [2.45, 2.75) is 27.3 Å². The van der Waals surface area contributed by atoms with Gasteiger partial charge in [0.1, 0.15) is 4.83 Å². The fourth-order valence-electron chi connectivity index (χ4n) is 3.36. The van der Waals surface area contributed by atoms with E-state index in [9.17, 15) is 14.4 Å². The Morgan fingerprint density at radius 2 is 1.77 bits per heavy atom. The summed E-state index contributed by atoms with van der Waals surface area (Å²) < 4.78 is 1.30. The van der Waals surface area contributed by atoms with Gasteiger partial charge >= 0.3 is 0 Å². The van der Waals surface area contributed by atoms with Crippen LogP contribution in [0.5, 0.6) is 0 Å². The first-order valence-corrected chi connectivity index (χ1v) is 10.6. The molecule has 6 nitrogen and oxygen atoms in total. The van der Waals surface area contributed by atoms with E-state index in [1.54, 1.807) is 25.1 Å². The number of thiophene rings is 1. The van der Waals surface area contributed by atoms with Gasteiger partial charge in [0.15, 0.2) is 5.78 Å². The lowest BCUT2D eigenvalue weighted by Gasteiger charge is -2.07. The molecule has 0 spiro atoms. The summed E-state index contributed by atoms with van der Waals surface area (Å²) in [4.78, 5) is 43.8. The maximum atomic E-state index is 13.1. The molecule has 0 bridgehead atoms. The van der Waals surface area contributed by atoms with Crippen LogP contribution in [0.15, 0.2) is 59.7 Å². The third kappa shape index (κ3) is 4.04. The lowest BCUT2D eigenvalue weighted by molar-refractivity contribution is 0.0969. The summed E-state index contributed by atoms with van der Waals surface area (Å²) in [6, 6.07) is 14.6. The van der Waals surface area contributed by atoms with E-state index in [4.69, 9.17) is 0 Å². The van der Waals surface area contributed by atoms with Gasteiger partial charge < -0.3 is 5.32 Å². The van der Waals surface area contributed by atoms with Gasteiger partial charge in [-0.25, -0.2) is 4.98 Å². The Labute approximate surface area is 183 Å². The van der Waals surface area contributed by atoms with Crippen molar-refractivity contribution >= 4 is 38.9 Å². The maximum Gasteiger partial charge on any atom is 0.266 e. The zero-order chi connectivity index (χ0) is 22.1. The number of aryl methyl sites for hydroxylation is 3.